The molecule has 9 nitrogen and oxygen atoms in total. The Morgan fingerprint density at radius 3 is 1.23 bits per heavy atom. The van der Waals surface area contributed by atoms with Gasteiger partial charge in [0.05, 0.1) is 52.1 Å². The lowest BCUT2D eigenvalue weighted by Gasteiger charge is -2.34. The van der Waals surface area contributed by atoms with Crippen molar-refractivity contribution >= 4 is 0 Å². The predicted octanol–water partition coefficient (Wildman–Crippen LogP) is 17.3. The zero-order valence-corrected chi connectivity index (χ0v) is 66.3. The molecule has 0 saturated heterocycles. The van der Waals surface area contributed by atoms with Crippen LogP contribution in [0.25, 0.3) is 0 Å². The number of halogens is 7. The molecule has 9 rings (SSSR count). The molecule has 0 N–H and O–H groups in total. The van der Waals surface area contributed by atoms with Gasteiger partial charge in [0.15, 0.2) is 6.30 Å². The predicted molar refractivity (Wildman–Crippen MR) is 447 cm³/mol. The molecule has 2 aliphatic rings. The van der Waals surface area contributed by atoms with Crippen LogP contribution in [-0.2, 0) is 44.9 Å². The van der Waals surface area contributed by atoms with Gasteiger partial charge in [-0.25, -0.2) is 30.7 Å². The minimum absolute atomic E-state index is 0.112. The first kappa shape index (κ1) is 95.8. The third kappa shape index (κ3) is 38.4. The Bertz CT molecular complexity index is 3840. The second-order valence-electron chi connectivity index (χ2n) is 27.2. The van der Waals surface area contributed by atoms with Crippen molar-refractivity contribution < 1.29 is 39.9 Å². The van der Waals surface area contributed by atoms with Gasteiger partial charge in [-0.15, -0.1) is 45.0 Å². The van der Waals surface area contributed by atoms with Gasteiger partial charge in [0.1, 0.15) is 58.3 Å². The number of benzene rings is 6. The van der Waals surface area contributed by atoms with E-state index in [4.69, 9.17) is 54.1 Å². The topological polar surface area (TPSA) is 45.1 Å². The number of fused-ring (bicyclic) bond motifs is 2. The van der Waals surface area contributed by atoms with Crippen molar-refractivity contribution in [1.82, 2.24) is 34.3 Å². The van der Waals surface area contributed by atoms with Crippen LogP contribution in [0.4, 0.5) is 30.7 Å². The maximum absolute atomic E-state index is 13.5. The van der Waals surface area contributed by atoms with E-state index in [0.717, 1.165) is 69.1 Å². The van der Waals surface area contributed by atoms with Gasteiger partial charge in [0, 0.05) is 75.3 Å². The van der Waals surface area contributed by atoms with Crippen LogP contribution < -0.4 is 4.74 Å². The highest BCUT2D eigenvalue weighted by molar-refractivity contribution is 5.35. The van der Waals surface area contributed by atoms with E-state index in [1.807, 2.05) is 152 Å². The lowest BCUT2D eigenvalue weighted by molar-refractivity contribution is 0.125. The second-order valence-corrected chi connectivity index (χ2v) is 27.2. The highest BCUT2D eigenvalue weighted by atomic mass is 19.2. The van der Waals surface area contributed by atoms with Gasteiger partial charge in [0.25, 0.3) is 0 Å². The third-order valence-electron chi connectivity index (χ3n) is 19.1. The quantitative estimate of drug-likeness (QED) is 0.0217. The minimum Gasteiger partial charge on any atom is -0.491 e. The van der Waals surface area contributed by atoms with Gasteiger partial charge in [-0.2, -0.15) is 0 Å². The first-order valence-electron chi connectivity index (χ1n) is 38.1. The Morgan fingerprint density at radius 1 is 0.396 bits per heavy atom. The van der Waals surface area contributed by atoms with Crippen molar-refractivity contribution in [2.45, 2.75) is 134 Å². The zero-order valence-electron chi connectivity index (χ0n) is 66.3. The largest absolute Gasteiger partial charge is 0.491 e. The van der Waals surface area contributed by atoms with E-state index in [1.54, 1.807) is 18.2 Å². The summed E-state index contributed by atoms with van der Waals surface area (Å²) >= 11 is 0. The molecule has 1 aromatic heterocycles. The number of hydrogen-bond acceptors (Lipinski definition) is 9. The molecule has 0 saturated carbocycles. The Balaban J connectivity index is 0.000000336. The molecular formula is C95H118F7N7O2. The Hall–Kier alpha value is -9.45. The molecule has 0 amide bonds. The molecule has 594 valence electrons. The molecule has 0 radical (unpaired) electrons. The fourth-order valence-corrected chi connectivity index (χ4v) is 12.9. The molecule has 0 fully saturated rings. The van der Waals surface area contributed by atoms with E-state index in [9.17, 15) is 30.7 Å². The van der Waals surface area contributed by atoms with E-state index in [2.05, 4.69) is 125 Å². The number of hydrogen-bond donors (Lipinski definition) is 0. The van der Waals surface area contributed by atoms with E-state index < -0.39 is 19.8 Å². The minimum atomic E-state index is -1.01. The molecular weight excluding hydrogens is 1400 g/mol. The molecule has 0 bridgehead atoms. The number of furan rings is 1. The monoisotopic (exact) mass is 1520 g/mol. The van der Waals surface area contributed by atoms with Gasteiger partial charge in [-0.1, -0.05) is 193 Å². The Labute approximate surface area is 662 Å². The molecule has 0 spiro atoms. The maximum atomic E-state index is 13.5. The van der Waals surface area contributed by atoms with Crippen LogP contribution in [-0.4, -0.2) is 198 Å². The highest BCUT2D eigenvalue weighted by Crippen LogP contribution is 2.36. The average Bonchev–Trinajstić information content (AvgIpc) is 1.78. The summed E-state index contributed by atoms with van der Waals surface area (Å²) in [7, 11) is 3.71. The lowest BCUT2D eigenvalue weighted by atomic mass is 9.87. The first-order valence-corrected chi connectivity index (χ1v) is 38.1. The molecule has 16 heteroatoms. The maximum Gasteiger partial charge on any atom is 0.158 e. The van der Waals surface area contributed by atoms with E-state index in [-0.39, 0.29) is 51.4 Å². The zero-order chi connectivity index (χ0) is 81.2. The number of rotatable bonds is 36. The number of aryl methyl sites for hydroxylation is 2. The van der Waals surface area contributed by atoms with Gasteiger partial charge in [0.2, 0.25) is 0 Å². The van der Waals surface area contributed by atoms with Gasteiger partial charge in [-0.3, -0.25) is 34.3 Å². The van der Waals surface area contributed by atoms with Crippen LogP contribution in [0, 0.1) is 86.4 Å². The highest BCUT2D eigenvalue weighted by Gasteiger charge is 2.28. The van der Waals surface area contributed by atoms with E-state index in [1.165, 1.54) is 43.8 Å². The van der Waals surface area contributed by atoms with Crippen molar-refractivity contribution in [2.75, 3.05) is 133 Å². The molecule has 7 unspecified atom stereocenters. The van der Waals surface area contributed by atoms with Crippen LogP contribution in [0.2, 0.25) is 0 Å². The molecule has 0 aliphatic heterocycles. The molecule has 1 heterocycles. The van der Waals surface area contributed by atoms with Crippen molar-refractivity contribution in [1.29, 1.82) is 0 Å². The van der Waals surface area contributed by atoms with Gasteiger partial charge in [-0.05, 0) is 162 Å². The van der Waals surface area contributed by atoms with Crippen molar-refractivity contribution in [3.05, 3.63) is 232 Å². The van der Waals surface area contributed by atoms with Crippen LogP contribution in [0.15, 0.2) is 187 Å². The molecule has 6 aromatic carbocycles. The van der Waals surface area contributed by atoms with E-state index in [0.29, 0.717) is 102 Å². The van der Waals surface area contributed by atoms with Gasteiger partial charge < -0.3 is 9.15 Å². The SMILES string of the molecule is C#CCN(C)C(C)Cc1ccc(OCCF)cc1.C#CCN(C)C(F)Cc1ccccc1.C#CCN(CCF)C(C)Cc1ccccc1.C#CCN(CCF)C(C)Cc1ccco1.C#CCN(CCF)C1CCCc2ccccc21.C#CCN(CCF)C1CCc2ccccc21.C#CCN(CF)C(C)Cc1ccccc1. The van der Waals surface area contributed by atoms with Crippen LogP contribution in [0.5, 0.6) is 5.75 Å². The molecule has 111 heavy (non-hydrogen) atoms. The van der Waals surface area contributed by atoms with Gasteiger partial charge >= 0.3 is 0 Å². The third-order valence-corrected chi connectivity index (χ3v) is 19.1. The smallest absolute Gasteiger partial charge is 0.158 e. The first-order chi connectivity index (χ1) is 54.0. The fraction of sp³-hybridized carbons (Fsp3) is 0.432. The van der Waals surface area contributed by atoms with Crippen LogP contribution in [0.3, 0.4) is 0 Å². The number of nitrogens with zero attached hydrogens (tertiary/aromatic N) is 7. The number of terminal acetylenes is 7. The summed E-state index contributed by atoms with van der Waals surface area (Å²) in [4.78, 5) is 13.4. The summed E-state index contributed by atoms with van der Waals surface area (Å²) in [6, 6.07) is 59.8. The fourth-order valence-electron chi connectivity index (χ4n) is 12.9. The number of likely N-dealkylation sites (N-methyl/N-ethyl adjacent to an activating group) is 2. The average molecular weight is 1520 g/mol. The van der Waals surface area contributed by atoms with E-state index >= 15 is 0 Å². The summed E-state index contributed by atoms with van der Waals surface area (Å²) in [6.07, 6.45) is 46.7. The Morgan fingerprint density at radius 2 is 0.793 bits per heavy atom. The molecule has 2 aliphatic carbocycles. The molecule has 7 atom stereocenters. The van der Waals surface area contributed by atoms with Crippen molar-refractivity contribution in [3.8, 4) is 92.2 Å². The normalized spacial score (nSPS) is 14.2. The standard InChI is InChI=1S/C15H20FNO.C15H18FN.C14H16FN.C14H18FN.C13H16FN.C12H16FNO.C12H14FN/c1-4-10-17(3)13(2)12-14-5-7-15(8-6-14)18-11-9-16;1-2-11-17(12-10-16)15-9-5-7-13-6-3-4-8-14(13)15;1-2-10-16(11-9-15)14-8-7-12-5-3-4-6-13(12)14;1-3-10-16(11-9-15)13(2)12-14-7-5-4-6-8-14;1-3-9-15(11-14)12(2)10-13-7-5-4-6-8-13;1-3-7-14(8-6-13)11(2)10-12-5-4-9-15-12;1-3-9-14(2)12(13)10-11-7-5-4-6-8-11/h1,5-8,13H,9-12H2,2-3H3;1,3-4,6,8,15H,5,7,9-12H2;1,3-6,14H,7-11H2;1,4-8,13H,9-12H2,2H3;1,4-8,12H,9-11H2,2H3;1,4-5,9,11H,6-8,10H2,2H3;1,4-8,12H,9-10H2,2H3. The summed E-state index contributed by atoms with van der Waals surface area (Å²) < 4.78 is 98.2. The van der Waals surface area contributed by atoms with Crippen molar-refractivity contribution in [2.24, 2.45) is 0 Å². The number of alkyl halides is 7. The summed E-state index contributed by atoms with van der Waals surface area (Å²) in [6.45, 7) is 11.1. The summed E-state index contributed by atoms with van der Waals surface area (Å²) in [5.41, 5.74) is 10.1. The van der Waals surface area contributed by atoms with Crippen LogP contribution in [0.1, 0.15) is 109 Å². The Kier molecular flexibility index (Phi) is 51.2. The van der Waals surface area contributed by atoms with Crippen LogP contribution >= 0.6 is 0 Å². The number of ether oxygens (including phenoxy) is 1. The second kappa shape index (κ2) is 59.4. The summed E-state index contributed by atoms with van der Waals surface area (Å²) in [5, 5.41) is 0. The summed E-state index contributed by atoms with van der Waals surface area (Å²) in [5.74, 6) is 19.5. The lowest BCUT2D eigenvalue weighted by Crippen LogP contribution is -2.36. The molecule has 7 aromatic rings. The van der Waals surface area contributed by atoms with Crippen molar-refractivity contribution in [3.63, 3.8) is 0 Å².